The molecule has 0 spiro atoms. The van der Waals surface area contributed by atoms with Crippen molar-refractivity contribution in [2.45, 2.75) is 120 Å². The number of aromatic nitrogens is 1. The summed E-state index contributed by atoms with van der Waals surface area (Å²) in [6.45, 7) is 3.65. The van der Waals surface area contributed by atoms with Gasteiger partial charge < -0.3 is 74.5 Å². The number of thiol groups is 2. The van der Waals surface area contributed by atoms with E-state index in [-0.39, 0.29) is 37.3 Å². The normalized spacial score (nSPS) is 17.3. The predicted octanol–water partition coefficient (Wildman–Crippen LogP) is -5.07. The van der Waals surface area contributed by atoms with Crippen LogP contribution in [0.2, 0.25) is 0 Å². The van der Waals surface area contributed by atoms with Gasteiger partial charge in [-0.1, -0.05) is 18.2 Å². The maximum atomic E-state index is 14.1. The van der Waals surface area contributed by atoms with Crippen molar-refractivity contribution in [3.63, 3.8) is 0 Å². The van der Waals surface area contributed by atoms with Crippen LogP contribution in [0.15, 0.2) is 30.5 Å². The summed E-state index contributed by atoms with van der Waals surface area (Å²) >= 11 is 7.91. The molecule has 1 aliphatic rings. The number of primary amides is 2. The Hall–Kier alpha value is -6.45. The molecule has 10 atom stereocenters. The number of carbonyl (C=O) groups is 11. The van der Waals surface area contributed by atoms with Gasteiger partial charge in [0.05, 0.1) is 18.6 Å². The summed E-state index contributed by atoms with van der Waals surface area (Å²) in [5.41, 5.74) is 18.0. The van der Waals surface area contributed by atoms with Gasteiger partial charge in [0, 0.05) is 48.0 Å². The Morgan fingerprint density at radius 1 is 0.735 bits per heavy atom. The lowest BCUT2D eigenvalue weighted by atomic mass is 10.0. The number of aromatic amines is 1. The number of aliphatic hydroxyl groups is 1. The zero-order valence-corrected chi connectivity index (χ0v) is 39.3. The van der Waals surface area contributed by atoms with E-state index in [9.17, 15) is 63.0 Å². The highest BCUT2D eigenvalue weighted by Gasteiger charge is 2.40. The summed E-state index contributed by atoms with van der Waals surface area (Å²) in [7, 11) is 0. The van der Waals surface area contributed by atoms with Crippen molar-refractivity contribution in [1.29, 1.82) is 0 Å². The van der Waals surface area contributed by atoms with Crippen molar-refractivity contribution in [3.05, 3.63) is 36.0 Å². The van der Waals surface area contributed by atoms with Crippen LogP contribution in [-0.2, 0) is 59.2 Å². The highest BCUT2D eigenvalue weighted by Crippen LogP contribution is 2.21. The quantitative estimate of drug-likeness (QED) is 0.0393. The molecule has 1 saturated heterocycles. The molecular formula is C41H60N12O13S2. The molecule has 2 aromatic rings. The average Bonchev–Trinajstić information content (AvgIpc) is 3.95. The number of benzene rings is 1. The van der Waals surface area contributed by atoms with Crippen molar-refractivity contribution in [1.82, 2.24) is 47.1 Å². The number of carboxylic acids is 1. The number of hydrogen-bond donors (Lipinski definition) is 15. The van der Waals surface area contributed by atoms with E-state index in [1.807, 2.05) is 18.2 Å². The van der Waals surface area contributed by atoms with Crippen LogP contribution in [-0.4, -0.2) is 164 Å². The van der Waals surface area contributed by atoms with E-state index in [2.05, 4.69) is 67.5 Å². The van der Waals surface area contributed by atoms with Crippen LogP contribution in [0.3, 0.4) is 0 Å². The summed E-state index contributed by atoms with van der Waals surface area (Å²) in [5, 5.41) is 36.8. The summed E-state index contributed by atoms with van der Waals surface area (Å²) < 4.78 is 0. The number of nitrogens with one attached hydrogen (secondary N) is 8. The Morgan fingerprint density at radius 2 is 1.32 bits per heavy atom. The van der Waals surface area contributed by atoms with Crippen LogP contribution >= 0.6 is 25.3 Å². The van der Waals surface area contributed by atoms with Gasteiger partial charge in [0.25, 0.3) is 0 Å². The van der Waals surface area contributed by atoms with E-state index in [4.69, 9.17) is 17.2 Å². The van der Waals surface area contributed by atoms with Gasteiger partial charge >= 0.3 is 5.97 Å². The first-order valence-electron chi connectivity index (χ1n) is 21.4. The molecule has 10 amide bonds. The molecule has 0 saturated carbocycles. The van der Waals surface area contributed by atoms with Crippen molar-refractivity contribution in [3.8, 4) is 0 Å². The summed E-state index contributed by atoms with van der Waals surface area (Å²) in [5.74, 6) is -11.0. The first kappa shape index (κ1) is 55.9. The fraction of sp³-hybridized carbons (Fsp3) is 0.537. The largest absolute Gasteiger partial charge is 0.480 e. The molecule has 1 fully saturated rings. The molecule has 3 rings (SSSR count). The number of aliphatic hydroxyl groups excluding tert-OH is 1. The van der Waals surface area contributed by atoms with Crippen LogP contribution in [0.4, 0.5) is 0 Å². The van der Waals surface area contributed by atoms with E-state index in [1.165, 1.54) is 20.8 Å². The number of aliphatic carboxylic acids is 1. The van der Waals surface area contributed by atoms with Crippen LogP contribution in [0.25, 0.3) is 10.9 Å². The molecule has 0 radical (unpaired) electrons. The smallest absolute Gasteiger partial charge is 0.327 e. The van der Waals surface area contributed by atoms with Gasteiger partial charge in [-0.25, -0.2) is 4.79 Å². The van der Waals surface area contributed by atoms with Crippen molar-refractivity contribution >= 4 is 101 Å². The highest BCUT2D eigenvalue weighted by molar-refractivity contribution is 7.80. The molecule has 0 unspecified atom stereocenters. The molecule has 2 heterocycles. The molecule has 0 bridgehead atoms. The van der Waals surface area contributed by atoms with Crippen molar-refractivity contribution in [2.75, 3.05) is 18.1 Å². The standard InChI is InChI=1S/C41H60N12O13S2/c1-18(46-36(60)26(50-35(59)23(42)16-67)13-21-15-45-24-8-5-4-7-22(21)24)33(57)49-27(14-31(44)56)37(61)48-25(10-11-30(43)55)40(64)53-12-6-9-29(53)38(62)47-19(2)34(58)52-32(20(3)54)39(63)51-28(17-68)41(65)66/h4-5,7-8,15,18-20,23,25-29,32,45,54,67-68H,6,9-14,16-17,42H2,1-3H3,(H2,43,55)(H2,44,56)(H,46,60)(H,47,62)(H,48,61)(H,49,57)(H,50,59)(H,51,63)(H,52,58)(H,65,66)/t18-,19-,20+,23-,25-,26-,27-,28-,29-,32-/m0/s1. The number of amides is 10. The maximum absolute atomic E-state index is 14.1. The first-order chi connectivity index (χ1) is 32.0. The van der Waals surface area contributed by atoms with Crippen LogP contribution in [0.1, 0.15) is 58.4 Å². The predicted molar refractivity (Wildman–Crippen MR) is 249 cm³/mol. The number of H-pyrrole nitrogens is 1. The fourth-order valence-corrected chi connectivity index (χ4v) is 7.42. The van der Waals surface area contributed by atoms with E-state index < -0.39 is 145 Å². The van der Waals surface area contributed by atoms with Gasteiger partial charge in [0.2, 0.25) is 59.1 Å². The molecular weight excluding hydrogens is 933 g/mol. The molecule has 374 valence electrons. The third-order valence-corrected chi connectivity index (χ3v) is 11.6. The van der Waals surface area contributed by atoms with E-state index >= 15 is 0 Å². The Labute approximate surface area is 401 Å². The van der Waals surface area contributed by atoms with Crippen molar-refractivity contribution < 1.29 is 63.0 Å². The minimum absolute atomic E-state index is 0.0262. The molecule has 1 aliphatic heterocycles. The first-order valence-corrected chi connectivity index (χ1v) is 22.7. The molecule has 1 aromatic heterocycles. The number of nitrogens with zero attached hydrogens (tertiary/aromatic N) is 1. The fourth-order valence-electron chi connectivity index (χ4n) is 7.00. The van der Waals surface area contributed by atoms with Crippen LogP contribution < -0.4 is 54.4 Å². The zero-order valence-electron chi connectivity index (χ0n) is 37.5. The van der Waals surface area contributed by atoms with Gasteiger partial charge in [0.15, 0.2) is 0 Å². The van der Waals surface area contributed by atoms with E-state index in [0.717, 1.165) is 15.8 Å². The zero-order chi connectivity index (χ0) is 51.0. The lowest BCUT2D eigenvalue weighted by molar-refractivity contribution is -0.143. The third-order valence-electron chi connectivity index (χ3n) is 10.8. The number of para-hydroxylation sites is 1. The highest BCUT2D eigenvalue weighted by atomic mass is 32.1. The minimum atomic E-state index is -1.74. The number of fused-ring (bicyclic) bond motifs is 1. The second-order valence-corrected chi connectivity index (χ2v) is 16.9. The van der Waals surface area contributed by atoms with Crippen LogP contribution in [0.5, 0.6) is 0 Å². The van der Waals surface area contributed by atoms with Crippen molar-refractivity contribution in [2.24, 2.45) is 17.2 Å². The molecule has 1 aromatic carbocycles. The van der Waals surface area contributed by atoms with E-state index in [1.54, 1.807) is 12.3 Å². The number of hydrogen-bond acceptors (Lipinski definition) is 15. The molecule has 25 nitrogen and oxygen atoms in total. The van der Waals surface area contributed by atoms with Gasteiger partial charge in [-0.15, -0.1) is 0 Å². The Morgan fingerprint density at radius 3 is 1.93 bits per heavy atom. The number of rotatable bonds is 26. The summed E-state index contributed by atoms with van der Waals surface area (Å²) in [4.78, 5) is 147. The SMILES string of the molecule is C[C@H](NC(=O)[C@H](Cc1c[nH]c2ccccc12)NC(=O)[C@@H](N)CS)C(=O)N[C@@H](CC(N)=O)C(=O)N[C@@H](CCC(N)=O)C(=O)N1CCC[C@H]1C(=O)N[C@@H](C)C(=O)N[C@H](C(=O)N[C@@H](CS)C(=O)O)[C@@H](C)O. The number of carboxylic acid groups (broad SMARTS) is 1. The summed E-state index contributed by atoms with van der Waals surface area (Å²) in [6, 6.07) is -5.47. The second-order valence-electron chi connectivity index (χ2n) is 16.2. The third kappa shape index (κ3) is 16.1. The molecule has 68 heavy (non-hydrogen) atoms. The lowest BCUT2D eigenvalue weighted by Gasteiger charge is -2.30. The second kappa shape index (κ2) is 26.2. The Bertz CT molecular complexity index is 2210. The van der Waals surface area contributed by atoms with E-state index in [0.29, 0.717) is 5.56 Å². The van der Waals surface area contributed by atoms with Gasteiger partial charge in [-0.3, -0.25) is 47.9 Å². The minimum Gasteiger partial charge on any atom is -0.480 e. The maximum Gasteiger partial charge on any atom is 0.327 e. The topological polar surface area (TPSA) is 410 Å². The summed E-state index contributed by atoms with van der Waals surface area (Å²) in [6.07, 6.45) is -1.15. The monoisotopic (exact) mass is 992 g/mol. The molecule has 27 heteroatoms. The van der Waals surface area contributed by atoms with Gasteiger partial charge in [-0.05, 0) is 51.7 Å². The Balaban J connectivity index is 1.75. The number of carbonyl (C=O) groups excluding carboxylic acids is 10. The van der Waals surface area contributed by atoms with Gasteiger partial charge in [0.1, 0.15) is 48.3 Å². The number of nitrogens with two attached hydrogens (primary N) is 3. The number of likely N-dealkylation sites (tertiary alicyclic amines) is 1. The molecule has 16 N–H and O–H groups in total. The lowest BCUT2D eigenvalue weighted by Crippen LogP contribution is -2.60. The van der Waals surface area contributed by atoms with Gasteiger partial charge in [-0.2, -0.15) is 25.3 Å². The molecule has 0 aliphatic carbocycles. The van der Waals surface area contributed by atoms with Crippen LogP contribution in [0, 0.1) is 0 Å². The Kier molecular flexibility index (Phi) is 21.5. The average molecular weight is 993 g/mol.